The second kappa shape index (κ2) is 9.34. The first-order valence-electron chi connectivity index (χ1n) is 10.7. The molecule has 0 bridgehead atoms. The molecule has 4 aromatic rings. The average molecular weight is 458 g/mol. The summed E-state index contributed by atoms with van der Waals surface area (Å²) in [4.78, 5) is 17.9. The van der Waals surface area contributed by atoms with Crippen molar-refractivity contribution in [2.24, 2.45) is 0 Å². The molecule has 0 aliphatic carbocycles. The van der Waals surface area contributed by atoms with Crippen LogP contribution in [-0.4, -0.2) is 21.8 Å². The molecule has 0 atom stereocenters. The lowest BCUT2D eigenvalue weighted by atomic mass is 10.1. The lowest BCUT2D eigenvalue weighted by molar-refractivity contribution is 0.174. The lowest BCUT2D eigenvalue weighted by Crippen LogP contribution is -2.39. The smallest absolute Gasteiger partial charge is 0.253 e. The number of ether oxygens (including phenoxy) is 2. The number of nitrogens with one attached hydrogen (secondary N) is 2. The third-order valence-corrected chi connectivity index (χ3v) is 5.97. The van der Waals surface area contributed by atoms with Crippen molar-refractivity contribution in [2.75, 3.05) is 6.79 Å². The van der Waals surface area contributed by atoms with Gasteiger partial charge in [-0.25, -0.2) is 0 Å². The van der Waals surface area contributed by atoms with Gasteiger partial charge in [-0.05, 0) is 35.5 Å². The minimum atomic E-state index is -0.148. The summed E-state index contributed by atoms with van der Waals surface area (Å²) in [5.41, 5.74) is 3.44. The Morgan fingerprint density at radius 1 is 0.909 bits per heavy atom. The Labute approximate surface area is 196 Å². The van der Waals surface area contributed by atoms with E-state index in [0.717, 1.165) is 16.5 Å². The number of fused-ring (bicyclic) bond motifs is 2. The molecule has 2 N–H and O–H groups in total. The zero-order valence-corrected chi connectivity index (χ0v) is 18.7. The van der Waals surface area contributed by atoms with Crippen molar-refractivity contribution in [3.8, 4) is 11.5 Å². The molecule has 0 fully saturated rings. The van der Waals surface area contributed by atoms with Gasteiger partial charge in [-0.15, -0.1) is 0 Å². The van der Waals surface area contributed by atoms with Gasteiger partial charge >= 0.3 is 0 Å². The van der Waals surface area contributed by atoms with Crippen molar-refractivity contribution < 1.29 is 9.47 Å². The Bertz CT molecular complexity index is 1340. The maximum absolute atomic E-state index is 12.9. The highest BCUT2D eigenvalue weighted by Gasteiger charge is 2.17. The van der Waals surface area contributed by atoms with Crippen LogP contribution in [0.25, 0.3) is 10.9 Å². The van der Waals surface area contributed by atoms with Crippen molar-refractivity contribution in [3.05, 3.63) is 106 Å². The predicted molar refractivity (Wildman–Crippen MR) is 132 cm³/mol. The number of benzene rings is 3. The molecule has 0 spiro atoms. The first-order chi connectivity index (χ1) is 16.2. The van der Waals surface area contributed by atoms with Gasteiger partial charge < -0.3 is 24.7 Å². The molecule has 0 radical (unpaired) electrons. The topological polar surface area (TPSA) is 66.6 Å². The molecule has 2 heterocycles. The number of H-pyrrole nitrogens is 1. The maximum Gasteiger partial charge on any atom is 0.253 e. The van der Waals surface area contributed by atoms with E-state index in [0.29, 0.717) is 47.3 Å². The van der Waals surface area contributed by atoms with Gasteiger partial charge in [0.15, 0.2) is 16.6 Å². The van der Waals surface area contributed by atoms with Crippen molar-refractivity contribution >= 4 is 28.2 Å². The van der Waals surface area contributed by atoms with E-state index >= 15 is 0 Å². The summed E-state index contributed by atoms with van der Waals surface area (Å²) in [6.07, 6.45) is 0. The quantitative estimate of drug-likeness (QED) is 0.420. The van der Waals surface area contributed by atoms with Crippen LogP contribution >= 0.6 is 12.2 Å². The van der Waals surface area contributed by atoms with Crippen LogP contribution in [0.1, 0.15) is 16.7 Å². The molecule has 0 unspecified atom stereocenters. The fraction of sp³-hybridized carbons (Fsp3) is 0.154. The molecule has 6 nitrogen and oxygen atoms in total. The standard InChI is InChI=1S/C26H23N3O3S/c30-25-21(11-20-12-23-24(32-17-31-23)13-22(20)28-25)16-29(15-19-9-5-2-6-10-19)26(33)27-14-18-7-3-1-4-8-18/h1-13H,14-17H2,(H,27,33)(H,28,30). The van der Waals surface area contributed by atoms with Gasteiger partial charge in [-0.1, -0.05) is 60.7 Å². The third-order valence-electron chi connectivity index (χ3n) is 5.57. The summed E-state index contributed by atoms with van der Waals surface area (Å²) in [6.45, 7) is 1.76. The van der Waals surface area contributed by atoms with Crippen molar-refractivity contribution in [3.63, 3.8) is 0 Å². The summed E-state index contributed by atoms with van der Waals surface area (Å²) in [6, 6.07) is 25.8. The van der Waals surface area contributed by atoms with Crippen LogP contribution in [0.3, 0.4) is 0 Å². The van der Waals surface area contributed by atoms with Gasteiger partial charge in [0.1, 0.15) is 0 Å². The summed E-state index contributed by atoms with van der Waals surface area (Å²) < 4.78 is 10.9. The minimum absolute atomic E-state index is 0.148. The number of aromatic amines is 1. The number of thiocarbonyl (C=S) groups is 1. The number of aromatic nitrogens is 1. The minimum Gasteiger partial charge on any atom is -0.454 e. The first-order valence-corrected chi connectivity index (χ1v) is 11.1. The van der Waals surface area contributed by atoms with Crippen molar-refractivity contribution in [2.45, 2.75) is 19.6 Å². The van der Waals surface area contributed by atoms with Crippen molar-refractivity contribution in [1.82, 2.24) is 15.2 Å². The molecule has 5 rings (SSSR count). The summed E-state index contributed by atoms with van der Waals surface area (Å²) in [5.74, 6) is 1.32. The van der Waals surface area contributed by atoms with E-state index in [4.69, 9.17) is 21.7 Å². The molecule has 0 saturated heterocycles. The summed E-state index contributed by atoms with van der Waals surface area (Å²) in [5, 5.41) is 4.82. The SMILES string of the molecule is O=c1[nH]c2cc3c(cc2cc1CN(Cc1ccccc1)C(=S)NCc1ccccc1)OCO3. The highest BCUT2D eigenvalue weighted by molar-refractivity contribution is 7.80. The van der Waals surface area contributed by atoms with E-state index in [-0.39, 0.29) is 12.4 Å². The van der Waals surface area contributed by atoms with Crippen LogP contribution in [0.5, 0.6) is 11.5 Å². The first kappa shape index (κ1) is 21.0. The van der Waals surface area contributed by atoms with Gasteiger partial charge in [0, 0.05) is 30.1 Å². The van der Waals surface area contributed by atoms with Gasteiger partial charge in [0.25, 0.3) is 5.56 Å². The Hall–Kier alpha value is -3.84. The van der Waals surface area contributed by atoms with E-state index in [1.165, 1.54) is 0 Å². The molecule has 1 aliphatic rings. The van der Waals surface area contributed by atoms with E-state index in [1.807, 2.05) is 53.4 Å². The van der Waals surface area contributed by atoms with Crippen molar-refractivity contribution in [1.29, 1.82) is 0 Å². The lowest BCUT2D eigenvalue weighted by Gasteiger charge is -2.26. The van der Waals surface area contributed by atoms with E-state index in [9.17, 15) is 4.79 Å². The van der Waals surface area contributed by atoms with Crippen LogP contribution in [0.4, 0.5) is 0 Å². The number of hydrogen-bond acceptors (Lipinski definition) is 4. The monoisotopic (exact) mass is 457 g/mol. The molecule has 3 aromatic carbocycles. The van der Waals surface area contributed by atoms with Crippen LogP contribution in [0.15, 0.2) is 83.7 Å². The molecule has 1 aromatic heterocycles. The van der Waals surface area contributed by atoms with Gasteiger partial charge in [-0.3, -0.25) is 4.79 Å². The molecule has 0 saturated carbocycles. The highest BCUT2D eigenvalue weighted by Crippen LogP contribution is 2.35. The zero-order valence-electron chi connectivity index (χ0n) is 17.9. The Balaban J connectivity index is 1.41. The normalized spacial score (nSPS) is 12.0. The fourth-order valence-corrected chi connectivity index (χ4v) is 4.05. The number of nitrogens with zero attached hydrogens (tertiary/aromatic N) is 1. The Kier molecular flexibility index (Phi) is 5.95. The molecule has 7 heteroatoms. The summed E-state index contributed by atoms with van der Waals surface area (Å²) in [7, 11) is 0. The zero-order chi connectivity index (χ0) is 22.6. The Morgan fingerprint density at radius 3 is 2.30 bits per heavy atom. The van der Waals surface area contributed by atoms with Crippen LogP contribution in [0, 0.1) is 0 Å². The predicted octanol–water partition coefficient (Wildman–Crippen LogP) is 4.33. The van der Waals surface area contributed by atoms with Crippen LogP contribution < -0.4 is 20.3 Å². The number of rotatable bonds is 6. The molecule has 166 valence electrons. The molecular weight excluding hydrogens is 434 g/mol. The van der Waals surface area contributed by atoms with Gasteiger partial charge in [-0.2, -0.15) is 0 Å². The second-order valence-corrected chi connectivity index (χ2v) is 8.29. The van der Waals surface area contributed by atoms with Crippen LogP contribution in [-0.2, 0) is 19.6 Å². The average Bonchev–Trinajstić information content (AvgIpc) is 3.30. The maximum atomic E-state index is 12.9. The summed E-state index contributed by atoms with van der Waals surface area (Å²) >= 11 is 5.74. The number of hydrogen-bond donors (Lipinski definition) is 2. The van der Waals surface area contributed by atoms with Gasteiger partial charge in [0.2, 0.25) is 6.79 Å². The molecular formula is C26H23N3O3S. The van der Waals surface area contributed by atoms with Gasteiger partial charge in [0.05, 0.1) is 12.1 Å². The molecule has 0 amide bonds. The molecule has 1 aliphatic heterocycles. The van der Waals surface area contributed by atoms with E-state index < -0.39 is 0 Å². The second-order valence-electron chi connectivity index (χ2n) is 7.90. The highest BCUT2D eigenvalue weighted by atomic mass is 32.1. The number of pyridine rings is 1. The van der Waals surface area contributed by atoms with Crippen LogP contribution in [0.2, 0.25) is 0 Å². The largest absolute Gasteiger partial charge is 0.454 e. The fourth-order valence-electron chi connectivity index (χ4n) is 3.85. The van der Waals surface area contributed by atoms with E-state index in [2.05, 4.69) is 34.6 Å². The van der Waals surface area contributed by atoms with E-state index in [1.54, 1.807) is 6.07 Å². The third kappa shape index (κ3) is 4.83. The Morgan fingerprint density at radius 2 is 1.58 bits per heavy atom. The molecule has 33 heavy (non-hydrogen) atoms.